The molecule has 0 rings (SSSR count). The third-order valence-electron chi connectivity index (χ3n) is 0.670. The molecule has 0 radical (unpaired) electrons. The van der Waals surface area contributed by atoms with Crippen molar-refractivity contribution < 1.29 is 9.90 Å². The van der Waals surface area contributed by atoms with Crippen LogP contribution in [-0.2, 0) is 4.79 Å². The largest absolute Gasteiger partial charge is 0.480 e. The monoisotopic (exact) mass is 119 g/mol. The molecule has 0 aliphatic rings. The number of rotatable bonds is 3. The highest BCUT2D eigenvalue weighted by Crippen LogP contribution is 1.74. The molecule has 5 nitrogen and oxygen atoms in total. The van der Waals surface area contributed by atoms with Crippen molar-refractivity contribution in [2.75, 3.05) is 0 Å². The van der Waals surface area contributed by atoms with Gasteiger partial charge in [0.2, 0.25) is 0 Å². The molecule has 5 heteroatoms. The summed E-state index contributed by atoms with van der Waals surface area (Å²) in [6.07, 6.45) is 0. The predicted octanol–water partition coefficient (Wildman–Crippen LogP) is -1.57. The standard InChI is InChI=1S/C3H9N3O2/c1-2(3(7)8)5-6-4/h2,5-6H,4H2,1H3,(H,7,8). The van der Waals surface area contributed by atoms with E-state index in [0.29, 0.717) is 0 Å². The molecular formula is C3H9N3O2. The molecule has 0 aliphatic carbocycles. The Labute approximate surface area is 46.8 Å². The Hall–Kier alpha value is -0.650. The van der Waals surface area contributed by atoms with E-state index in [-0.39, 0.29) is 0 Å². The number of carboxylic acid groups (broad SMARTS) is 1. The third-order valence-corrected chi connectivity index (χ3v) is 0.670. The minimum Gasteiger partial charge on any atom is -0.480 e. The Kier molecular flexibility index (Phi) is 3.09. The van der Waals surface area contributed by atoms with Gasteiger partial charge in [0, 0.05) is 0 Å². The summed E-state index contributed by atoms with van der Waals surface area (Å²) in [5, 5.41) is 8.16. The molecule has 0 heterocycles. The van der Waals surface area contributed by atoms with Gasteiger partial charge in [-0.1, -0.05) is 0 Å². The first-order valence-corrected chi connectivity index (χ1v) is 2.12. The average molecular weight is 119 g/mol. The van der Waals surface area contributed by atoms with E-state index in [1.807, 2.05) is 5.53 Å². The van der Waals surface area contributed by atoms with E-state index in [0.717, 1.165) is 0 Å². The smallest absolute Gasteiger partial charge is 0.321 e. The second-order valence-corrected chi connectivity index (χ2v) is 1.35. The van der Waals surface area contributed by atoms with Gasteiger partial charge in [0.05, 0.1) is 0 Å². The molecule has 0 spiro atoms. The highest BCUT2D eigenvalue weighted by molar-refractivity contribution is 5.72. The maximum Gasteiger partial charge on any atom is 0.321 e. The third kappa shape index (κ3) is 2.51. The van der Waals surface area contributed by atoms with Crippen LogP contribution in [-0.4, -0.2) is 17.1 Å². The Morgan fingerprint density at radius 1 is 1.88 bits per heavy atom. The van der Waals surface area contributed by atoms with Crippen LogP contribution >= 0.6 is 0 Å². The molecule has 0 aromatic carbocycles. The molecule has 0 aromatic rings. The normalized spacial score (nSPS) is 13.2. The van der Waals surface area contributed by atoms with E-state index < -0.39 is 12.0 Å². The molecule has 0 fully saturated rings. The number of nitrogens with two attached hydrogens (primary N) is 1. The van der Waals surface area contributed by atoms with Gasteiger partial charge in [-0.25, -0.2) is 5.43 Å². The minimum absolute atomic E-state index is 0.653. The summed E-state index contributed by atoms with van der Waals surface area (Å²) < 4.78 is 0. The summed E-state index contributed by atoms with van der Waals surface area (Å²) in [5.41, 5.74) is 4.29. The molecule has 1 unspecified atom stereocenters. The molecule has 5 N–H and O–H groups in total. The van der Waals surface area contributed by atoms with Gasteiger partial charge in [-0.3, -0.25) is 10.6 Å². The van der Waals surface area contributed by atoms with Gasteiger partial charge >= 0.3 is 5.97 Å². The van der Waals surface area contributed by atoms with Crippen molar-refractivity contribution in [3.05, 3.63) is 0 Å². The van der Waals surface area contributed by atoms with Crippen LogP contribution in [0.1, 0.15) is 6.92 Å². The molecule has 0 saturated carbocycles. The SMILES string of the molecule is CC(NNN)C(=O)O. The van der Waals surface area contributed by atoms with Crippen molar-refractivity contribution in [3.8, 4) is 0 Å². The molecule has 0 aromatic heterocycles. The highest BCUT2D eigenvalue weighted by atomic mass is 16.4. The molecule has 0 bridgehead atoms. The first-order valence-electron chi connectivity index (χ1n) is 2.12. The summed E-state index contributed by atoms with van der Waals surface area (Å²) in [5.74, 6) is 3.80. The lowest BCUT2D eigenvalue weighted by Crippen LogP contribution is -2.47. The van der Waals surface area contributed by atoms with E-state index in [9.17, 15) is 4.79 Å². The molecule has 48 valence electrons. The van der Waals surface area contributed by atoms with Crippen molar-refractivity contribution in [1.82, 2.24) is 11.0 Å². The number of carbonyl (C=O) groups is 1. The number of nitrogens with one attached hydrogen (secondary N) is 2. The van der Waals surface area contributed by atoms with Crippen molar-refractivity contribution in [2.45, 2.75) is 13.0 Å². The van der Waals surface area contributed by atoms with Crippen LogP contribution in [0.4, 0.5) is 0 Å². The van der Waals surface area contributed by atoms with Gasteiger partial charge in [0.1, 0.15) is 6.04 Å². The fourth-order valence-electron chi connectivity index (χ4n) is 0.187. The zero-order valence-corrected chi connectivity index (χ0v) is 4.51. The summed E-state index contributed by atoms with van der Waals surface area (Å²) >= 11 is 0. The van der Waals surface area contributed by atoms with E-state index in [1.165, 1.54) is 6.92 Å². The number of hydrogen-bond acceptors (Lipinski definition) is 4. The fraction of sp³-hybridized carbons (Fsp3) is 0.667. The van der Waals surface area contributed by atoms with E-state index in [4.69, 9.17) is 10.9 Å². The Morgan fingerprint density at radius 2 is 2.38 bits per heavy atom. The van der Waals surface area contributed by atoms with Crippen molar-refractivity contribution >= 4 is 5.97 Å². The summed E-state index contributed by atoms with van der Waals surface area (Å²) in [7, 11) is 0. The van der Waals surface area contributed by atoms with Gasteiger partial charge in [-0.15, -0.1) is 0 Å². The zero-order chi connectivity index (χ0) is 6.57. The van der Waals surface area contributed by atoms with Gasteiger partial charge in [-0.2, -0.15) is 5.53 Å². The first kappa shape index (κ1) is 7.35. The summed E-state index contributed by atoms with van der Waals surface area (Å²) in [6.45, 7) is 1.47. The van der Waals surface area contributed by atoms with Crippen LogP contribution in [0.25, 0.3) is 0 Å². The number of hydrogen-bond donors (Lipinski definition) is 4. The van der Waals surface area contributed by atoms with Crippen LogP contribution in [0.15, 0.2) is 0 Å². The van der Waals surface area contributed by atoms with E-state index in [2.05, 4.69) is 5.43 Å². The topological polar surface area (TPSA) is 87.4 Å². The Balaban J connectivity index is 3.32. The van der Waals surface area contributed by atoms with Crippen molar-refractivity contribution in [3.63, 3.8) is 0 Å². The second-order valence-electron chi connectivity index (χ2n) is 1.35. The van der Waals surface area contributed by atoms with Gasteiger partial charge in [0.25, 0.3) is 0 Å². The molecular weight excluding hydrogens is 110 g/mol. The average Bonchev–Trinajstić information content (AvgIpc) is 1.67. The van der Waals surface area contributed by atoms with E-state index >= 15 is 0 Å². The quantitative estimate of drug-likeness (QED) is 0.266. The van der Waals surface area contributed by atoms with E-state index in [1.54, 1.807) is 0 Å². The molecule has 0 aliphatic heterocycles. The van der Waals surface area contributed by atoms with Crippen LogP contribution < -0.4 is 16.8 Å². The molecule has 0 saturated heterocycles. The Morgan fingerprint density at radius 3 is 2.50 bits per heavy atom. The molecule has 1 atom stereocenters. The van der Waals surface area contributed by atoms with Crippen molar-refractivity contribution in [2.24, 2.45) is 5.84 Å². The van der Waals surface area contributed by atoms with Crippen LogP contribution in [0.3, 0.4) is 0 Å². The minimum atomic E-state index is -0.942. The highest BCUT2D eigenvalue weighted by Gasteiger charge is 2.06. The summed E-state index contributed by atoms with van der Waals surface area (Å²) in [4.78, 5) is 9.93. The number of aliphatic carboxylic acids is 1. The van der Waals surface area contributed by atoms with Gasteiger partial charge in [0.15, 0.2) is 0 Å². The van der Waals surface area contributed by atoms with Crippen molar-refractivity contribution in [1.29, 1.82) is 0 Å². The number of hydrazine groups is 2. The fourth-order valence-corrected chi connectivity index (χ4v) is 0.187. The van der Waals surface area contributed by atoms with Gasteiger partial charge < -0.3 is 5.11 Å². The second kappa shape index (κ2) is 3.36. The maximum absolute atomic E-state index is 9.93. The lowest BCUT2D eigenvalue weighted by atomic mass is 10.4. The predicted molar refractivity (Wildman–Crippen MR) is 27.6 cm³/mol. The summed E-state index contributed by atoms with van der Waals surface area (Å²) in [6, 6.07) is -0.653. The van der Waals surface area contributed by atoms with Crippen LogP contribution in [0, 0.1) is 0 Å². The van der Waals surface area contributed by atoms with Crippen LogP contribution in [0.2, 0.25) is 0 Å². The molecule has 0 amide bonds. The van der Waals surface area contributed by atoms with Gasteiger partial charge in [-0.05, 0) is 6.92 Å². The lowest BCUT2D eigenvalue weighted by molar-refractivity contribution is -0.139. The first-order chi connectivity index (χ1) is 3.68. The number of carboxylic acids is 1. The Bertz CT molecular complexity index is 84.6. The zero-order valence-electron chi connectivity index (χ0n) is 4.51. The lowest BCUT2D eigenvalue weighted by Gasteiger charge is -2.04. The molecule has 8 heavy (non-hydrogen) atoms. The maximum atomic E-state index is 9.93. The van der Waals surface area contributed by atoms with Crippen LogP contribution in [0.5, 0.6) is 0 Å².